The van der Waals surface area contributed by atoms with Crippen molar-refractivity contribution < 1.29 is 4.79 Å². The number of hydrogen-bond acceptors (Lipinski definition) is 4. The molecule has 0 atom stereocenters. The Kier molecular flexibility index (Phi) is 4.28. The average Bonchev–Trinajstić information content (AvgIpc) is 3.21. The Morgan fingerprint density at radius 2 is 1.96 bits per heavy atom. The molecule has 8 nitrogen and oxygen atoms in total. The molecule has 120 valence electrons. The van der Waals surface area contributed by atoms with Gasteiger partial charge in [0.1, 0.15) is 5.69 Å². The average molecular weight is 378 g/mol. The topological polar surface area (TPSA) is 82.6 Å². The summed E-state index contributed by atoms with van der Waals surface area (Å²) in [6, 6.07) is 0. The first-order valence-electron chi connectivity index (χ1n) is 7.09. The highest BCUT2D eigenvalue weighted by Crippen LogP contribution is 2.17. The minimum atomic E-state index is -0.241. The fraction of sp³-hybridized carbons (Fsp3) is 0.286. The predicted molar refractivity (Wildman–Crippen MR) is 88.1 cm³/mol. The van der Waals surface area contributed by atoms with Crippen LogP contribution in [0, 0.1) is 0 Å². The van der Waals surface area contributed by atoms with Crippen LogP contribution in [0.15, 0.2) is 35.5 Å². The van der Waals surface area contributed by atoms with Gasteiger partial charge in [0.05, 0.1) is 35.3 Å². The molecule has 0 fully saturated rings. The van der Waals surface area contributed by atoms with E-state index in [-0.39, 0.29) is 5.91 Å². The maximum absolute atomic E-state index is 12.3. The summed E-state index contributed by atoms with van der Waals surface area (Å²) in [5.41, 5.74) is 2.15. The second kappa shape index (κ2) is 6.37. The number of carbonyl (C=O) groups is 1. The van der Waals surface area contributed by atoms with Gasteiger partial charge < -0.3 is 5.32 Å². The highest BCUT2D eigenvalue weighted by atomic mass is 79.9. The van der Waals surface area contributed by atoms with Crippen molar-refractivity contribution in [1.29, 1.82) is 0 Å². The summed E-state index contributed by atoms with van der Waals surface area (Å²) in [5, 5.41) is 15.3. The van der Waals surface area contributed by atoms with Crippen molar-refractivity contribution in [2.24, 2.45) is 7.05 Å². The molecule has 23 heavy (non-hydrogen) atoms. The van der Waals surface area contributed by atoms with E-state index in [9.17, 15) is 4.79 Å². The molecule has 3 aromatic rings. The van der Waals surface area contributed by atoms with Gasteiger partial charge in [-0.2, -0.15) is 15.3 Å². The molecule has 3 heterocycles. The van der Waals surface area contributed by atoms with Gasteiger partial charge in [0.2, 0.25) is 0 Å². The monoisotopic (exact) mass is 377 g/mol. The number of amides is 1. The molecule has 0 saturated carbocycles. The highest BCUT2D eigenvalue weighted by molar-refractivity contribution is 9.10. The van der Waals surface area contributed by atoms with Crippen LogP contribution in [0.5, 0.6) is 0 Å². The summed E-state index contributed by atoms with van der Waals surface area (Å²) in [4.78, 5) is 12.3. The van der Waals surface area contributed by atoms with Gasteiger partial charge >= 0.3 is 0 Å². The van der Waals surface area contributed by atoms with E-state index in [4.69, 9.17) is 0 Å². The second-order valence-electron chi connectivity index (χ2n) is 5.05. The number of halogens is 1. The van der Waals surface area contributed by atoms with Gasteiger partial charge in [-0.05, 0) is 22.9 Å². The molecule has 0 spiro atoms. The van der Waals surface area contributed by atoms with Crippen LogP contribution in [0.3, 0.4) is 0 Å². The Labute approximate surface area is 141 Å². The molecule has 9 heteroatoms. The van der Waals surface area contributed by atoms with Crippen molar-refractivity contribution in [3.8, 4) is 0 Å². The van der Waals surface area contributed by atoms with E-state index in [2.05, 4.69) is 36.5 Å². The molecule has 0 bridgehead atoms. The van der Waals surface area contributed by atoms with Crippen LogP contribution in [0.1, 0.15) is 23.0 Å². The lowest BCUT2D eigenvalue weighted by molar-refractivity contribution is 0.101. The molecule has 1 amide bonds. The molecule has 0 aromatic carbocycles. The zero-order chi connectivity index (χ0) is 16.4. The number of nitrogens with zero attached hydrogens (tertiary/aromatic N) is 6. The molecule has 0 aliphatic heterocycles. The zero-order valence-electron chi connectivity index (χ0n) is 12.8. The van der Waals surface area contributed by atoms with Crippen LogP contribution in [-0.2, 0) is 20.1 Å². The number of aromatic nitrogens is 6. The van der Waals surface area contributed by atoms with Crippen molar-refractivity contribution in [2.75, 3.05) is 5.32 Å². The lowest BCUT2D eigenvalue weighted by Crippen LogP contribution is -2.16. The predicted octanol–water partition coefficient (Wildman–Crippen LogP) is 1.90. The number of aryl methyl sites for hydroxylation is 2. The third-order valence-electron chi connectivity index (χ3n) is 3.36. The molecule has 0 saturated heterocycles. The Bertz CT molecular complexity index is 812. The first-order valence-corrected chi connectivity index (χ1v) is 7.88. The number of nitrogens with one attached hydrogen (secondary N) is 1. The fourth-order valence-corrected chi connectivity index (χ4v) is 2.75. The van der Waals surface area contributed by atoms with E-state index in [1.165, 1.54) is 4.68 Å². The van der Waals surface area contributed by atoms with Crippen LogP contribution in [-0.4, -0.2) is 35.2 Å². The minimum absolute atomic E-state index is 0.241. The second-order valence-corrected chi connectivity index (χ2v) is 5.90. The van der Waals surface area contributed by atoms with Gasteiger partial charge in [-0.3, -0.25) is 18.8 Å². The van der Waals surface area contributed by atoms with E-state index in [1.54, 1.807) is 30.3 Å². The number of carbonyl (C=O) groups excluding carboxylic acids is 1. The smallest absolute Gasteiger partial charge is 0.275 e. The quantitative estimate of drug-likeness (QED) is 0.735. The molecule has 3 rings (SSSR count). The van der Waals surface area contributed by atoms with Crippen LogP contribution >= 0.6 is 15.9 Å². The van der Waals surface area contributed by atoms with Crippen molar-refractivity contribution in [2.45, 2.75) is 20.0 Å². The summed E-state index contributed by atoms with van der Waals surface area (Å²) in [7, 11) is 1.72. The van der Waals surface area contributed by atoms with Crippen molar-refractivity contribution in [1.82, 2.24) is 29.3 Å². The molecule has 3 aromatic heterocycles. The van der Waals surface area contributed by atoms with Crippen LogP contribution < -0.4 is 5.32 Å². The van der Waals surface area contributed by atoms with E-state index >= 15 is 0 Å². The van der Waals surface area contributed by atoms with Gasteiger partial charge in [0.25, 0.3) is 5.91 Å². The summed E-state index contributed by atoms with van der Waals surface area (Å²) in [6.07, 6.45) is 8.78. The summed E-state index contributed by atoms with van der Waals surface area (Å²) < 4.78 is 5.78. The summed E-state index contributed by atoms with van der Waals surface area (Å²) >= 11 is 3.32. The summed E-state index contributed by atoms with van der Waals surface area (Å²) in [6.45, 7) is 3.47. The molecule has 0 aliphatic carbocycles. The number of hydrogen-bond donors (Lipinski definition) is 1. The SMILES string of the molecule is CCn1cc(Cn2cc(NC(=O)c3c(Br)cnn3C)cn2)cn1. The molecule has 0 aliphatic rings. The highest BCUT2D eigenvalue weighted by Gasteiger charge is 2.16. The van der Waals surface area contributed by atoms with E-state index in [0.717, 1.165) is 12.1 Å². The van der Waals surface area contributed by atoms with Crippen molar-refractivity contribution in [3.05, 3.63) is 46.7 Å². The maximum Gasteiger partial charge on any atom is 0.275 e. The number of rotatable bonds is 5. The van der Waals surface area contributed by atoms with Gasteiger partial charge in [-0.15, -0.1) is 0 Å². The van der Waals surface area contributed by atoms with Crippen LogP contribution in [0.4, 0.5) is 5.69 Å². The van der Waals surface area contributed by atoms with Gasteiger partial charge in [0, 0.05) is 31.5 Å². The first kappa shape index (κ1) is 15.5. The molecule has 0 radical (unpaired) electrons. The fourth-order valence-electron chi connectivity index (χ4n) is 2.22. The Morgan fingerprint density at radius 3 is 2.61 bits per heavy atom. The largest absolute Gasteiger partial charge is 0.318 e. The standard InChI is InChI=1S/C14H16BrN7O/c1-3-21-7-10(4-17-21)8-22-9-11(5-18-22)19-14(23)13-12(15)6-16-20(13)2/h4-7,9H,3,8H2,1-2H3,(H,19,23). The van der Waals surface area contributed by atoms with Crippen LogP contribution in [0.25, 0.3) is 0 Å². The molecular weight excluding hydrogens is 362 g/mol. The molecule has 1 N–H and O–H groups in total. The molecule has 0 unspecified atom stereocenters. The minimum Gasteiger partial charge on any atom is -0.318 e. The van der Waals surface area contributed by atoms with E-state index in [0.29, 0.717) is 22.4 Å². The lowest BCUT2D eigenvalue weighted by atomic mass is 10.3. The van der Waals surface area contributed by atoms with Crippen LogP contribution in [0.2, 0.25) is 0 Å². The Morgan fingerprint density at radius 1 is 1.17 bits per heavy atom. The van der Waals surface area contributed by atoms with E-state index < -0.39 is 0 Å². The third kappa shape index (κ3) is 3.34. The van der Waals surface area contributed by atoms with Gasteiger partial charge in [0.15, 0.2) is 0 Å². The molecular formula is C14H16BrN7O. The van der Waals surface area contributed by atoms with Crippen molar-refractivity contribution >= 4 is 27.5 Å². The van der Waals surface area contributed by atoms with Crippen molar-refractivity contribution in [3.63, 3.8) is 0 Å². The first-order chi connectivity index (χ1) is 11.1. The third-order valence-corrected chi connectivity index (χ3v) is 3.94. The zero-order valence-corrected chi connectivity index (χ0v) is 14.4. The summed E-state index contributed by atoms with van der Waals surface area (Å²) in [5.74, 6) is -0.241. The lowest BCUT2D eigenvalue weighted by Gasteiger charge is -2.03. The van der Waals surface area contributed by atoms with Gasteiger partial charge in [-0.25, -0.2) is 0 Å². The van der Waals surface area contributed by atoms with E-state index in [1.807, 2.05) is 24.0 Å². The Balaban J connectivity index is 1.68. The Hall–Kier alpha value is -2.42. The number of anilines is 1. The maximum atomic E-state index is 12.3. The normalized spacial score (nSPS) is 10.9. The van der Waals surface area contributed by atoms with Gasteiger partial charge in [-0.1, -0.05) is 0 Å².